The largest absolute Gasteiger partial charge is 0.374 e. The number of amidine groups is 1. The Morgan fingerprint density at radius 1 is 1.22 bits per heavy atom. The van der Waals surface area contributed by atoms with Crippen LogP contribution in [-0.4, -0.2) is 28.9 Å². The average molecular weight is 327 g/mol. The molecule has 1 saturated heterocycles. The van der Waals surface area contributed by atoms with Crippen LogP contribution in [0.1, 0.15) is 22.3 Å². The molecule has 1 N–H and O–H groups in total. The maximum absolute atomic E-state index is 12.8. The summed E-state index contributed by atoms with van der Waals surface area (Å²) in [4.78, 5) is 19.3. The summed E-state index contributed by atoms with van der Waals surface area (Å²) in [6.07, 6.45) is 0.334. The van der Waals surface area contributed by atoms with Gasteiger partial charge in [0.1, 0.15) is 5.84 Å². The molecule has 4 rings (SSSR count). The second kappa shape index (κ2) is 4.91. The van der Waals surface area contributed by atoms with E-state index in [1.54, 1.807) is 18.2 Å². The highest BCUT2D eigenvalue weighted by atomic mass is 35.5. The van der Waals surface area contributed by atoms with E-state index < -0.39 is 5.60 Å². The summed E-state index contributed by atoms with van der Waals surface area (Å²) >= 11 is 5.94. The lowest BCUT2D eigenvalue weighted by Gasteiger charge is -2.29. The quantitative estimate of drug-likeness (QED) is 0.872. The van der Waals surface area contributed by atoms with E-state index in [1.807, 2.05) is 36.1 Å². The molecule has 2 aromatic rings. The van der Waals surface area contributed by atoms with Crippen LogP contribution in [0.5, 0.6) is 0 Å². The number of aliphatic hydroxyl groups is 1. The van der Waals surface area contributed by atoms with Crippen LogP contribution < -0.4 is 4.90 Å². The fourth-order valence-corrected chi connectivity index (χ4v) is 3.35. The van der Waals surface area contributed by atoms with Gasteiger partial charge in [-0.3, -0.25) is 4.79 Å². The molecule has 0 bridgehead atoms. The zero-order valence-corrected chi connectivity index (χ0v) is 13.3. The molecule has 0 radical (unpaired) electrons. The number of Topliss-reactive ketones (excluding diaryl/α,β-unsaturated/α-hetero) is 1. The lowest BCUT2D eigenvalue weighted by Crippen LogP contribution is -2.48. The van der Waals surface area contributed by atoms with E-state index in [0.717, 1.165) is 11.3 Å². The fourth-order valence-electron chi connectivity index (χ4n) is 3.22. The van der Waals surface area contributed by atoms with Crippen LogP contribution in [0.3, 0.4) is 0 Å². The molecule has 0 aromatic heterocycles. The maximum Gasteiger partial charge on any atom is 0.204 e. The van der Waals surface area contributed by atoms with E-state index in [1.165, 1.54) is 0 Å². The molecule has 0 amide bonds. The second-order valence-corrected chi connectivity index (χ2v) is 6.46. The Kier molecular flexibility index (Phi) is 3.08. The molecular weight excluding hydrogens is 312 g/mol. The van der Waals surface area contributed by atoms with Crippen molar-refractivity contribution in [1.29, 1.82) is 0 Å². The van der Waals surface area contributed by atoms with E-state index in [4.69, 9.17) is 11.6 Å². The van der Waals surface area contributed by atoms with E-state index >= 15 is 0 Å². The second-order valence-electron chi connectivity index (χ2n) is 6.02. The molecule has 116 valence electrons. The van der Waals surface area contributed by atoms with Gasteiger partial charge in [-0.2, -0.15) is 0 Å². The molecule has 1 atom stereocenters. The van der Waals surface area contributed by atoms with E-state index in [9.17, 15) is 9.90 Å². The van der Waals surface area contributed by atoms with Gasteiger partial charge in [0.2, 0.25) is 5.78 Å². The van der Waals surface area contributed by atoms with Crippen molar-refractivity contribution < 1.29 is 9.90 Å². The molecule has 0 unspecified atom stereocenters. The molecule has 1 fully saturated rings. The van der Waals surface area contributed by atoms with Crippen LogP contribution in [0.15, 0.2) is 47.5 Å². The summed E-state index contributed by atoms with van der Waals surface area (Å²) in [5.41, 5.74) is 1.41. The SMILES string of the molecule is Cc1ccc2c(c1)C(=O)[C@]1(O)CCN(c3ccc(Cl)cc3)C1=N2. The monoisotopic (exact) mass is 326 g/mol. The van der Waals surface area contributed by atoms with Gasteiger partial charge in [0, 0.05) is 29.2 Å². The van der Waals surface area contributed by atoms with Crippen molar-refractivity contribution in [2.24, 2.45) is 4.99 Å². The highest BCUT2D eigenvalue weighted by Crippen LogP contribution is 2.39. The molecule has 5 heteroatoms. The van der Waals surface area contributed by atoms with Gasteiger partial charge < -0.3 is 10.0 Å². The Morgan fingerprint density at radius 2 is 1.96 bits per heavy atom. The first kappa shape index (κ1) is 14.4. The summed E-state index contributed by atoms with van der Waals surface area (Å²) in [6.45, 7) is 2.46. The molecular formula is C18H15ClN2O2. The molecule has 0 aliphatic carbocycles. The predicted octanol–water partition coefficient (Wildman–Crippen LogP) is 3.52. The summed E-state index contributed by atoms with van der Waals surface area (Å²) in [6, 6.07) is 12.8. The molecule has 2 heterocycles. The minimum atomic E-state index is -1.54. The summed E-state index contributed by atoms with van der Waals surface area (Å²) in [5, 5.41) is 11.6. The van der Waals surface area contributed by atoms with Gasteiger partial charge in [-0.1, -0.05) is 23.2 Å². The maximum atomic E-state index is 12.8. The zero-order valence-electron chi connectivity index (χ0n) is 12.6. The number of hydrogen-bond acceptors (Lipinski definition) is 4. The first-order valence-corrected chi connectivity index (χ1v) is 7.87. The van der Waals surface area contributed by atoms with Gasteiger partial charge >= 0.3 is 0 Å². The van der Waals surface area contributed by atoms with Crippen LogP contribution >= 0.6 is 11.6 Å². The molecule has 2 aliphatic heterocycles. The van der Waals surface area contributed by atoms with Crippen molar-refractivity contribution in [3.05, 3.63) is 58.6 Å². The normalized spacial score (nSPS) is 22.7. The van der Waals surface area contributed by atoms with Crippen LogP contribution in [0.25, 0.3) is 0 Å². The van der Waals surface area contributed by atoms with E-state index in [0.29, 0.717) is 35.1 Å². The zero-order chi connectivity index (χ0) is 16.2. The van der Waals surface area contributed by atoms with Crippen LogP contribution in [0, 0.1) is 6.92 Å². The van der Waals surface area contributed by atoms with Gasteiger partial charge in [0.15, 0.2) is 5.60 Å². The number of benzene rings is 2. The molecule has 2 aromatic carbocycles. The topological polar surface area (TPSA) is 52.9 Å². The van der Waals surface area contributed by atoms with E-state index in [2.05, 4.69) is 4.99 Å². The molecule has 0 saturated carbocycles. The number of ketones is 1. The van der Waals surface area contributed by atoms with Crippen LogP contribution in [0.2, 0.25) is 5.02 Å². The van der Waals surface area contributed by atoms with Gasteiger partial charge in [0.05, 0.1) is 5.69 Å². The Morgan fingerprint density at radius 3 is 2.70 bits per heavy atom. The first-order chi connectivity index (χ1) is 11.0. The smallest absolute Gasteiger partial charge is 0.204 e. The first-order valence-electron chi connectivity index (χ1n) is 7.49. The minimum Gasteiger partial charge on any atom is -0.374 e. The Labute approximate surface area is 139 Å². The summed E-state index contributed by atoms with van der Waals surface area (Å²) in [5.74, 6) is 0.138. The third-order valence-electron chi connectivity index (χ3n) is 4.46. The van der Waals surface area contributed by atoms with Gasteiger partial charge in [0.25, 0.3) is 0 Å². The predicted molar refractivity (Wildman–Crippen MR) is 91.0 cm³/mol. The Hall–Kier alpha value is -2.17. The average Bonchev–Trinajstić information content (AvgIpc) is 2.88. The number of nitrogens with zero attached hydrogens (tertiary/aromatic N) is 2. The number of hydrogen-bond donors (Lipinski definition) is 1. The standard InChI is InChI=1S/C18H15ClN2O2/c1-11-2-7-15-14(10-11)16(22)18(23)8-9-21(17(18)20-15)13-5-3-12(19)4-6-13/h2-7,10,23H,8-9H2,1H3/t18-/m1/s1. The number of aliphatic imine (C=N–C) groups is 1. The number of aryl methyl sites for hydroxylation is 1. The third kappa shape index (κ3) is 2.10. The summed E-state index contributed by atoms with van der Waals surface area (Å²) in [7, 11) is 0. The molecule has 2 aliphatic rings. The van der Waals surface area contributed by atoms with Gasteiger partial charge in [-0.25, -0.2) is 4.99 Å². The Balaban J connectivity index is 1.85. The van der Waals surface area contributed by atoms with Gasteiger partial charge in [-0.05, 0) is 43.3 Å². The highest BCUT2D eigenvalue weighted by molar-refractivity contribution is 6.31. The lowest BCUT2D eigenvalue weighted by atomic mass is 9.87. The molecule has 4 nitrogen and oxygen atoms in total. The van der Waals surface area contributed by atoms with Crippen molar-refractivity contribution >= 4 is 34.6 Å². The third-order valence-corrected chi connectivity index (χ3v) is 4.71. The molecule has 23 heavy (non-hydrogen) atoms. The fraction of sp³-hybridized carbons (Fsp3) is 0.222. The summed E-state index contributed by atoms with van der Waals surface area (Å²) < 4.78 is 0. The van der Waals surface area contributed by atoms with Crippen molar-refractivity contribution in [1.82, 2.24) is 0 Å². The van der Waals surface area contributed by atoms with E-state index in [-0.39, 0.29) is 5.78 Å². The van der Waals surface area contributed by atoms with Crippen LogP contribution in [-0.2, 0) is 0 Å². The van der Waals surface area contributed by atoms with Crippen molar-refractivity contribution in [3.8, 4) is 0 Å². The molecule has 0 spiro atoms. The number of anilines is 1. The van der Waals surface area contributed by atoms with Crippen LogP contribution in [0.4, 0.5) is 11.4 Å². The van der Waals surface area contributed by atoms with Crippen molar-refractivity contribution in [2.75, 3.05) is 11.4 Å². The Bertz CT molecular complexity index is 845. The number of rotatable bonds is 1. The van der Waals surface area contributed by atoms with Crippen molar-refractivity contribution in [3.63, 3.8) is 0 Å². The number of carbonyl (C=O) groups is 1. The number of fused-ring (bicyclic) bond motifs is 2. The lowest BCUT2D eigenvalue weighted by molar-refractivity contribution is 0.0602. The highest BCUT2D eigenvalue weighted by Gasteiger charge is 2.52. The number of carbonyl (C=O) groups excluding carboxylic acids is 1. The number of halogens is 1. The van der Waals surface area contributed by atoms with Gasteiger partial charge in [-0.15, -0.1) is 0 Å². The van der Waals surface area contributed by atoms with Crippen molar-refractivity contribution in [2.45, 2.75) is 18.9 Å². The minimum absolute atomic E-state index is 0.266.